The molecular weight excluding hydrogens is 428 g/mol. The molecule has 0 atom stereocenters. The van der Waals surface area contributed by atoms with Crippen molar-refractivity contribution in [3.05, 3.63) is 105 Å². The maximum Gasteiger partial charge on any atom is 0.329 e. The van der Waals surface area contributed by atoms with E-state index in [4.69, 9.17) is 0 Å². The van der Waals surface area contributed by atoms with E-state index in [0.717, 1.165) is 11.1 Å². The first kappa shape index (κ1) is 21.7. The molecule has 32 heavy (non-hydrogen) atoms. The Kier molecular flexibility index (Phi) is 6.02. The van der Waals surface area contributed by atoms with Crippen LogP contribution in [0, 0.1) is 0 Å². The number of aromatic amines is 1. The van der Waals surface area contributed by atoms with Crippen LogP contribution in [-0.4, -0.2) is 33.8 Å². The molecule has 0 aliphatic rings. The Hall–Kier alpha value is -3.56. The van der Waals surface area contributed by atoms with E-state index in [2.05, 4.69) is 9.97 Å². The van der Waals surface area contributed by atoms with Gasteiger partial charge in [-0.25, -0.2) is 18.2 Å². The lowest BCUT2D eigenvalue weighted by atomic mass is 10.1. The van der Waals surface area contributed by atoms with Gasteiger partial charge in [-0.1, -0.05) is 60.7 Å². The third kappa shape index (κ3) is 4.39. The number of rotatable bonds is 7. The van der Waals surface area contributed by atoms with E-state index in [1.807, 2.05) is 60.7 Å². The van der Waals surface area contributed by atoms with Crippen molar-refractivity contribution < 1.29 is 8.42 Å². The van der Waals surface area contributed by atoms with E-state index in [-0.39, 0.29) is 29.0 Å². The SMILES string of the molecule is Cn1c(=O)[nH]c(=O)c2cc(S(=O)(=O)N(CCc3ccccc3)Cc3ccccc3)cnc21. The molecule has 0 saturated carbocycles. The summed E-state index contributed by atoms with van der Waals surface area (Å²) in [6, 6.07) is 20.2. The minimum absolute atomic E-state index is 0.0379. The predicted molar refractivity (Wildman–Crippen MR) is 122 cm³/mol. The fourth-order valence-electron chi connectivity index (χ4n) is 3.48. The number of benzene rings is 2. The van der Waals surface area contributed by atoms with Crippen molar-refractivity contribution in [3.8, 4) is 0 Å². The zero-order chi connectivity index (χ0) is 22.7. The van der Waals surface area contributed by atoms with Gasteiger partial charge in [0, 0.05) is 26.3 Å². The van der Waals surface area contributed by atoms with Crippen LogP contribution in [0.4, 0.5) is 0 Å². The topological polar surface area (TPSA) is 105 Å². The molecule has 1 N–H and O–H groups in total. The van der Waals surface area contributed by atoms with Gasteiger partial charge in [0.05, 0.1) is 5.39 Å². The summed E-state index contributed by atoms with van der Waals surface area (Å²) in [4.78, 5) is 30.3. The van der Waals surface area contributed by atoms with Crippen molar-refractivity contribution in [2.45, 2.75) is 17.9 Å². The lowest BCUT2D eigenvalue weighted by Gasteiger charge is -2.22. The van der Waals surface area contributed by atoms with Gasteiger partial charge in [-0.05, 0) is 23.6 Å². The number of fused-ring (bicyclic) bond motifs is 1. The minimum Gasteiger partial charge on any atom is -0.281 e. The van der Waals surface area contributed by atoms with Gasteiger partial charge in [-0.3, -0.25) is 14.3 Å². The molecule has 2 aromatic heterocycles. The minimum atomic E-state index is -3.97. The molecule has 0 saturated heterocycles. The van der Waals surface area contributed by atoms with Gasteiger partial charge in [0.2, 0.25) is 10.0 Å². The first-order valence-electron chi connectivity index (χ1n) is 10.0. The number of hydrogen-bond acceptors (Lipinski definition) is 5. The highest BCUT2D eigenvalue weighted by atomic mass is 32.2. The molecule has 0 aliphatic carbocycles. The van der Waals surface area contributed by atoms with Gasteiger partial charge < -0.3 is 0 Å². The van der Waals surface area contributed by atoms with Crippen LogP contribution in [0.25, 0.3) is 11.0 Å². The normalized spacial score (nSPS) is 11.8. The van der Waals surface area contributed by atoms with Crippen molar-refractivity contribution in [2.75, 3.05) is 6.54 Å². The molecule has 0 fully saturated rings. The summed E-state index contributed by atoms with van der Waals surface area (Å²) in [6.07, 6.45) is 1.72. The smallest absolute Gasteiger partial charge is 0.281 e. The van der Waals surface area contributed by atoms with Gasteiger partial charge >= 0.3 is 5.69 Å². The van der Waals surface area contributed by atoms with Crippen molar-refractivity contribution >= 4 is 21.1 Å². The molecule has 4 rings (SSSR count). The molecule has 2 heterocycles. The van der Waals surface area contributed by atoms with Gasteiger partial charge in [0.25, 0.3) is 5.56 Å². The number of pyridine rings is 1. The number of hydrogen-bond donors (Lipinski definition) is 1. The first-order valence-corrected chi connectivity index (χ1v) is 11.5. The summed E-state index contributed by atoms with van der Waals surface area (Å²) in [7, 11) is -2.51. The second-order valence-electron chi connectivity index (χ2n) is 7.42. The average molecular weight is 451 g/mol. The van der Waals surface area contributed by atoms with Crippen LogP contribution in [0.3, 0.4) is 0 Å². The van der Waals surface area contributed by atoms with E-state index in [1.165, 1.54) is 28.2 Å². The van der Waals surface area contributed by atoms with Gasteiger partial charge in [-0.2, -0.15) is 4.31 Å². The van der Waals surface area contributed by atoms with Crippen molar-refractivity contribution in [2.24, 2.45) is 7.05 Å². The van der Waals surface area contributed by atoms with E-state index in [9.17, 15) is 18.0 Å². The van der Waals surface area contributed by atoms with Gasteiger partial charge in [-0.15, -0.1) is 0 Å². The molecule has 0 bridgehead atoms. The molecule has 0 aliphatic heterocycles. The van der Waals surface area contributed by atoms with E-state index in [1.54, 1.807) is 0 Å². The van der Waals surface area contributed by atoms with E-state index >= 15 is 0 Å². The molecule has 2 aromatic carbocycles. The fraction of sp³-hybridized carbons (Fsp3) is 0.174. The van der Waals surface area contributed by atoms with Crippen LogP contribution in [0.2, 0.25) is 0 Å². The van der Waals surface area contributed by atoms with Gasteiger partial charge in [0.1, 0.15) is 10.5 Å². The Labute approximate surface area is 184 Å². The van der Waals surface area contributed by atoms with Crippen molar-refractivity contribution in [1.29, 1.82) is 0 Å². The van der Waals surface area contributed by atoms with Crippen LogP contribution in [-0.2, 0) is 30.0 Å². The highest BCUT2D eigenvalue weighted by molar-refractivity contribution is 7.89. The molecule has 8 nitrogen and oxygen atoms in total. The highest BCUT2D eigenvalue weighted by Crippen LogP contribution is 2.20. The number of aromatic nitrogens is 3. The Morgan fingerprint density at radius 1 is 0.969 bits per heavy atom. The molecule has 0 amide bonds. The molecule has 0 unspecified atom stereocenters. The van der Waals surface area contributed by atoms with Crippen LogP contribution in [0.5, 0.6) is 0 Å². The molecular formula is C23H22N4O4S. The maximum atomic E-state index is 13.6. The Morgan fingerprint density at radius 2 is 1.59 bits per heavy atom. The lowest BCUT2D eigenvalue weighted by molar-refractivity contribution is 0.409. The zero-order valence-corrected chi connectivity index (χ0v) is 18.2. The van der Waals surface area contributed by atoms with Crippen LogP contribution < -0.4 is 11.2 Å². The Morgan fingerprint density at radius 3 is 2.25 bits per heavy atom. The first-order chi connectivity index (χ1) is 15.4. The number of aryl methyl sites for hydroxylation is 1. The standard InChI is InChI=1S/C23H22N4O4S/c1-26-21-20(22(28)25-23(26)29)14-19(15-24-21)32(30,31)27(16-18-10-6-3-7-11-18)13-12-17-8-4-2-5-9-17/h2-11,14-15H,12-13,16H2,1H3,(H,25,28,29). The summed E-state index contributed by atoms with van der Waals surface area (Å²) < 4.78 is 29.7. The number of sulfonamides is 1. The predicted octanol–water partition coefficient (Wildman–Crippen LogP) is 2.06. The molecule has 4 aromatic rings. The summed E-state index contributed by atoms with van der Waals surface area (Å²) in [6.45, 7) is 0.431. The van der Waals surface area contributed by atoms with E-state index in [0.29, 0.717) is 6.42 Å². The fourth-order valence-corrected chi connectivity index (χ4v) is 4.88. The van der Waals surface area contributed by atoms with Crippen LogP contribution in [0.1, 0.15) is 11.1 Å². The van der Waals surface area contributed by atoms with Crippen molar-refractivity contribution in [1.82, 2.24) is 18.8 Å². The second-order valence-corrected chi connectivity index (χ2v) is 9.36. The lowest BCUT2D eigenvalue weighted by Crippen LogP contribution is -2.33. The third-order valence-corrected chi connectivity index (χ3v) is 7.07. The Balaban J connectivity index is 1.74. The number of nitrogens with zero attached hydrogens (tertiary/aromatic N) is 3. The highest BCUT2D eigenvalue weighted by Gasteiger charge is 2.26. The molecule has 9 heteroatoms. The van der Waals surface area contributed by atoms with Gasteiger partial charge in [0.15, 0.2) is 0 Å². The maximum absolute atomic E-state index is 13.6. The van der Waals surface area contributed by atoms with Crippen LogP contribution in [0.15, 0.2) is 87.4 Å². The summed E-state index contributed by atoms with van der Waals surface area (Å²) in [5, 5.41) is 0.0379. The number of nitrogens with one attached hydrogen (secondary N) is 1. The summed E-state index contributed by atoms with van der Waals surface area (Å²) in [5.74, 6) is 0. The largest absolute Gasteiger partial charge is 0.329 e. The zero-order valence-electron chi connectivity index (χ0n) is 17.4. The molecule has 0 spiro atoms. The molecule has 0 radical (unpaired) electrons. The summed E-state index contributed by atoms with van der Waals surface area (Å²) in [5.41, 5.74) is 0.698. The summed E-state index contributed by atoms with van der Waals surface area (Å²) >= 11 is 0. The number of H-pyrrole nitrogens is 1. The second kappa shape index (κ2) is 8.89. The Bertz CT molecular complexity index is 1460. The van der Waals surface area contributed by atoms with E-state index < -0.39 is 21.3 Å². The van der Waals surface area contributed by atoms with Crippen molar-refractivity contribution in [3.63, 3.8) is 0 Å². The quantitative estimate of drug-likeness (QED) is 0.464. The van der Waals surface area contributed by atoms with Crippen LogP contribution >= 0.6 is 0 Å². The third-order valence-electron chi connectivity index (χ3n) is 5.26. The monoisotopic (exact) mass is 450 g/mol. The molecule has 164 valence electrons. The average Bonchev–Trinajstić information content (AvgIpc) is 2.81.